The maximum atomic E-state index is 5.74. The van der Waals surface area contributed by atoms with E-state index in [1.807, 2.05) is 13.2 Å². The lowest BCUT2D eigenvalue weighted by molar-refractivity contribution is -0.136. The summed E-state index contributed by atoms with van der Waals surface area (Å²) in [5.41, 5.74) is 2.60. The van der Waals surface area contributed by atoms with Crippen molar-refractivity contribution in [3.05, 3.63) is 72.4 Å². The first-order valence-corrected chi connectivity index (χ1v) is 7.99. The van der Waals surface area contributed by atoms with Gasteiger partial charge in [0.05, 0.1) is 11.6 Å². The van der Waals surface area contributed by atoms with Crippen molar-refractivity contribution in [3.63, 3.8) is 0 Å². The lowest BCUT2D eigenvalue weighted by Gasteiger charge is -2.52. The van der Waals surface area contributed by atoms with Crippen molar-refractivity contribution >= 4 is 0 Å². The van der Waals surface area contributed by atoms with E-state index in [-0.39, 0.29) is 11.6 Å². The van der Waals surface area contributed by atoms with Gasteiger partial charge in [-0.1, -0.05) is 68.1 Å². The highest BCUT2D eigenvalue weighted by Gasteiger charge is 2.45. The van der Waals surface area contributed by atoms with Crippen molar-refractivity contribution in [2.24, 2.45) is 0 Å². The van der Waals surface area contributed by atoms with Crippen LogP contribution in [0.5, 0.6) is 0 Å². The van der Waals surface area contributed by atoms with E-state index in [1.165, 1.54) is 11.1 Å². The molecule has 1 aromatic rings. The summed E-state index contributed by atoms with van der Waals surface area (Å²) in [6.07, 6.45) is 9.29. The Morgan fingerprint density at radius 1 is 1.36 bits per heavy atom. The summed E-state index contributed by atoms with van der Waals surface area (Å²) in [6.45, 7) is 10.1. The van der Waals surface area contributed by atoms with Crippen molar-refractivity contribution in [2.45, 2.75) is 31.9 Å². The molecule has 1 heterocycles. The average molecular weight is 297 g/mol. The first kappa shape index (κ1) is 16.7. The quantitative estimate of drug-likeness (QED) is 0.686. The summed E-state index contributed by atoms with van der Waals surface area (Å²) in [5, 5.41) is 0. The number of methoxy groups -OCH3 is 1. The Labute approximate surface area is 134 Å². The summed E-state index contributed by atoms with van der Waals surface area (Å²) >= 11 is 0. The summed E-state index contributed by atoms with van der Waals surface area (Å²) in [7, 11) is 1.82. The second kappa shape index (κ2) is 7.57. The molecular formula is C20H27NO. The van der Waals surface area contributed by atoms with Crippen LogP contribution in [0.1, 0.15) is 31.9 Å². The van der Waals surface area contributed by atoms with Crippen LogP contribution in [0.3, 0.4) is 0 Å². The van der Waals surface area contributed by atoms with Crippen molar-refractivity contribution in [1.29, 1.82) is 0 Å². The molecule has 0 N–H and O–H groups in total. The van der Waals surface area contributed by atoms with Crippen molar-refractivity contribution in [2.75, 3.05) is 20.2 Å². The van der Waals surface area contributed by atoms with Gasteiger partial charge in [0, 0.05) is 20.2 Å². The highest BCUT2D eigenvalue weighted by molar-refractivity contribution is 5.37. The fraction of sp³-hybridized carbons (Fsp3) is 0.400. The second-order valence-corrected chi connectivity index (χ2v) is 5.86. The molecule has 1 unspecified atom stereocenters. The Hall–Kier alpha value is -1.64. The van der Waals surface area contributed by atoms with Crippen LogP contribution < -0.4 is 0 Å². The van der Waals surface area contributed by atoms with Gasteiger partial charge in [-0.3, -0.25) is 4.90 Å². The molecule has 0 bridgehead atoms. The summed E-state index contributed by atoms with van der Waals surface area (Å²) in [4.78, 5) is 2.48. The van der Waals surface area contributed by atoms with E-state index < -0.39 is 0 Å². The van der Waals surface area contributed by atoms with Gasteiger partial charge < -0.3 is 4.74 Å². The maximum absolute atomic E-state index is 5.74. The molecule has 0 amide bonds. The Balaban J connectivity index is 2.32. The van der Waals surface area contributed by atoms with Gasteiger partial charge in [-0.2, -0.15) is 0 Å². The molecule has 0 spiro atoms. The third-order valence-electron chi connectivity index (χ3n) is 4.53. The van der Waals surface area contributed by atoms with E-state index in [2.05, 4.69) is 73.9 Å². The van der Waals surface area contributed by atoms with Crippen LogP contribution >= 0.6 is 0 Å². The van der Waals surface area contributed by atoms with E-state index in [9.17, 15) is 0 Å². The van der Waals surface area contributed by atoms with Crippen LogP contribution in [0.25, 0.3) is 0 Å². The van der Waals surface area contributed by atoms with Crippen molar-refractivity contribution in [1.82, 2.24) is 4.90 Å². The van der Waals surface area contributed by atoms with Gasteiger partial charge in [0.1, 0.15) is 0 Å². The Kier molecular flexibility index (Phi) is 5.76. The largest absolute Gasteiger partial charge is 0.376 e. The zero-order valence-corrected chi connectivity index (χ0v) is 14.0. The molecule has 0 saturated carbocycles. The predicted molar refractivity (Wildman–Crippen MR) is 93.9 cm³/mol. The second-order valence-electron chi connectivity index (χ2n) is 5.86. The zero-order valence-electron chi connectivity index (χ0n) is 14.0. The minimum atomic E-state index is 0.0161. The molecule has 1 aliphatic heterocycles. The van der Waals surface area contributed by atoms with E-state index in [0.717, 1.165) is 19.5 Å². The summed E-state index contributed by atoms with van der Waals surface area (Å²) in [5.74, 6) is 0. The van der Waals surface area contributed by atoms with Gasteiger partial charge >= 0.3 is 0 Å². The number of nitrogens with zero attached hydrogens (tertiary/aromatic N) is 1. The Morgan fingerprint density at radius 2 is 2.05 bits per heavy atom. The molecule has 1 atom stereocenters. The Morgan fingerprint density at radius 3 is 2.55 bits per heavy atom. The van der Waals surface area contributed by atoms with E-state index in [0.29, 0.717) is 0 Å². The van der Waals surface area contributed by atoms with Crippen LogP contribution in [0, 0.1) is 0 Å². The van der Waals surface area contributed by atoms with Crippen molar-refractivity contribution < 1.29 is 4.74 Å². The van der Waals surface area contributed by atoms with Gasteiger partial charge in [0.25, 0.3) is 0 Å². The van der Waals surface area contributed by atoms with Gasteiger partial charge in [0.15, 0.2) is 0 Å². The smallest absolute Gasteiger partial charge is 0.0929 e. The number of hydrogen-bond acceptors (Lipinski definition) is 2. The summed E-state index contributed by atoms with van der Waals surface area (Å²) in [6, 6.07) is 10.9. The first-order valence-electron chi connectivity index (χ1n) is 7.99. The lowest BCUT2D eigenvalue weighted by atomic mass is 9.85. The standard InChI is InChI=1S/C20H27NO/c1-5-11-17(12-6-2)19(18-13-9-8-10-14-18)21-15-20(7-3,16-21)22-4/h5-6,8-14,19H,1,7,15-16H2,2-4H3/b12-6-,17-11+. The molecule has 0 radical (unpaired) electrons. The molecular weight excluding hydrogens is 270 g/mol. The monoisotopic (exact) mass is 297 g/mol. The molecule has 1 saturated heterocycles. The fourth-order valence-electron chi connectivity index (χ4n) is 3.19. The van der Waals surface area contributed by atoms with Gasteiger partial charge in [-0.15, -0.1) is 0 Å². The number of benzene rings is 1. The minimum absolute atomic E-state index is 0.0161. The van der Waals surface area contributed by atoms with Crippen molar-refractivity contribution in [3.8, 4) is 0 Å². The highest BCUT2D eigenvalue weighted by atomic mass is 16.5. The maximum Gasteiger partial charge on any atom is 0.0929 e. The van der Waals surface area contributed by atoms with Crippen LogP contribution in [0.2, 0.25) is 0 Å². The zero-order chi connectivity index (χ0) is 16.0. The number of likely N-dealkylation sites (tertiary alicyclic amines) is 1. The molecule has 1 aromatic carbocycles. The third-order valence-corrected chi connectivity index (χ3v) is 4.53. The minimum Gasteiger partial charge on any atom is -0.376 e. The van der Waals surface area contributed by atoms with Gasteiger partial charge in [0.2, 0.25) is 0 Å². The van der Waals surface area contributed by atoms with E-state index >= 15 is 0 Å². The molecule has 118 valence electrons. The molecule has 0 aromatic heterocycles. The molecule has 2 nitrogen and oxygen atoms in total. The molecule has 22 heavy (non-hydrogen) atoms. The normalized spacial score (nSPS) is 19.9. The lowest BCUT2D eigenvalue weighted by Crippen LogP contribution is -2.63. The van der Waals surface area contributed by atoms with Gasteiger partial charge in [-0.25, -0.2) is 0 Å². The molecule has 0 aliphatic carbocycles. The molecule has 1 aliphatic rings. The van der Waals surface area contributed by atoms with E-state index in [4.69, 9.17) is 4.74 Å². The number of ether oxygens (including phenoxy) is 1. The number of allylic oxidation sites excluding steroid dienone is 3. The first-order chi connectivity index (χ1) is 10.7. The van der Waals surface area contributed by atoms with E-state index in [1.54, 1.807) is 0 Å². The van der Waals surface area contributed by atoms with Crippen LogP contribution in [0.4, 0.5) is 0 Å². The topological polar surface area (TPSA) is 12.5 Å². The Bertz CT molecular complexity index is 532. The molecule has 2 rings (SSSR count). The van der Waals surface area contributed by atoms with Crippen LogP contribution in [-0.2, 0) is 4.74 Å². The average Bonchev–Trinajstić information content (AvgIpc) is 2.51. The van der Waals surface area contributed by atoms with Crippen LogP contribution in [0.15, 0.2) is 66.8 Å². The third kappa shape index (κ3) is 3.40. The molecule has 1 fully saturated rings. The summed E-state index contributed by atoms with van der Waals surface area (Å²) < 4.78 is 5.74. The number of rotatable bonds is 7. The highest BCUT2D eigenvalue weighted by Crippen LogP contribution is 2.39. The van der Waals surface area contributed by atoms with Crippen LogP contribution in [-0.4, -0.2) is 30.7 Å². The SMILES string of the molecule is C=C/C=C(\C=C/C)C(c1ccccc1)N1CC(CC)(OC)C1. The van der Waals surface area contributed by atoms with Gasteiger partial charge in [-0.05, 0) is 24.5 Å². The number of hydrogen-bond donors (Lipinski definition) is 0. The fourth-order valence-corrected chi connectivity index (χ4v) is 3.19. The predicted octanol–water partition coefficient (Wildman–Crippen LogP) is 4.53. The molecule has 2 heteroatoms.